The number of anilines is 1. The Morgan fingerprint density at radius 3 is 2.70 bits per heavy atom. The molecular formula is C20H23N3O4. The number of amides is 2. The van der Waals surface area contributed by atoms with E-state index in [0.717, 1.165) is 37.0 Å². The van der Waals surface area contributed by atoms with Gasteiger partial charge in [-0.1, -0.05) is 12.5 Å². The lowest BCUT2D eigenvalue weighted by atomic mass is 9.94. The molecule has 0 atom stereocenters. The van der Waals surface area contributed by atoms with Crippen LogP contribution >= 0.6 is 0 Å². The van der Waals surface area contributed by atoms with Crippen LogP contribution in [0.3, 0.4) is 0 Å². The van der Waals surface area contributed by atoms with Gasteiger partial charge < -0.3 is 24.8 Å². The predicted molar refractivity (Wildman–Crippen MR) is 100 cm³/mol. The number of methoxy groups -OCH3 is 1. The van der Waals surface area contributed by atoms with E-state index in [-0.39, 0.29) is 6.03 Å². The maximum atomic E-state index is 12.2. The third-order valence-corrected chi connectivity index (χ3v) is 4.87. The number of carbonyl (C=O) groups is 1. The highest BCUT2D eigenvalue weighted by Crippen LogP contribution is 2.46. The second-order valence-electron chi connectivity index (χ2n) is 6.85. The summed E-state index contributed by atoms with van der Waals surface area (Å²) >= 11 is 0. The lowest BCUT2D eigenvalue weighted by Gasteiger charge is -2.31. The molecule has 7 nitrogen and oxygen atoms in total. The molecule has 1 saturated carbocycles. The Bertz CT molecular complexity index is 816. The molecule has 1 aromatic heterocycles. The summed E-state index contributed by atoms with van der Waals surface area (Å²) in [7, 11) is 1.56. The van der Waals surface area contributed by atoms with Gasteiger partial charge in [0.15, 0.2) is 11.5 Å². The SMILES string of the molecule is COc1ccc(CNC(=O)Nc2ccc3c(c2)OC2(CCCCC2)O3)cn1. The van der Waals surface area contributed by atoms with Crippen molar-refractivity contribution in [3.8, 4) is 17.4 Å². The van der Waals surface area contributed by atoms with Crippen molar-refractivity contribution in [3.63, 3.8) is 0 Å². The number of hydrogen-bond donors (Lipinski definition) is 2. The Kier molecular flexibility index (Phi) is 4.75. The quantitative estimate of drug-likeness (QED) is 0.856. The van der Waals surface area contributed by atoms with Crippen LogP contribution < -0.4 is 24.8 Å². The van der Waals surface area contributed by atoms with Crippen LogP contribution in [0.2, 0.25) is 0 Å². The summed E-state index contributed by atoms with van der Waals surface area (Å²) in [4.78, 5) is 16.3. The molecule has 0 radical (unpaired) electrons. The van der Waals surface area contributed by atoms with Crippen molar-refractivity contribution in [2.24, 2.45) is 0 Å². The van der Waals surface area contributed by atoms with Crippen molar-refractivity contribution in [3.05, 3.63) is 42.1 Å². The summed E-state index contributed by atoms with van der Waals surface area (Å²) in [6.07, 6.45) is 6.93. The van der Waals surface area contributed by atoms with E-state index in [2.05, 4.69) is 15.6 Å². The molecule has 2 aliphatic rings. The first-order valence-electron chi connectivity index (χ1n) is 9.22. The molecule has 2 amide bonds. The van der Waals surface area contributed by atoms with E-state index >= 15 is 0 Å². The molecule has 2 N–H and O–H groups in total. The summed E-state index contributed by atoms with van der Waals surface area (Å²) in [6, 6.07) is 8.80. The Balaban J connectivity index is 1.33. The van der Waals surface area contributed by atoms with Crippen LogP contribution in [0.4, 0.5) is 10.5 Å². The molecule has 142 valence electrons. The Hall–Kier alpha value is -2.96. The van der Waals surface area contributed by atoms with Gasteiger partial charge in [0.25, 0.3) is 5.79 Å². The topological polar surface area (TPSA) is 81.7 Å². The first-order chi connectivity index (χ1) is 13.2. The maximum absolute atomic E-state index is 12.2. The van der Waals surface area contributed by atoms with Crippen LogP contribution in [0, 0.1) is 0 Å². The summed E-state index contributed by atoms with van der Waals surface area (Å²) in [5.41, 5.74) is 1.55. The summed E-state index contributed by atoms with van der Waals surface area (Å²) in [5.74, 6) is 1.46. The lowest BCUT2D eigenvalue weighted by Crippen LogP contribution is -2.40. The number of nitrogens with one attached hydrogen (secondary N) is 2. The Labute approximate surface area is 158 Å². The third-order valence-electron chi connectivity index (χ3n) is 4.87. The van der Waals surface area contributed by atoms with Gasteiger partial charge in [-0.05, 0) is 30.5 Å². The van der Waals surface area contributed by atoms with Crippen LogP contribution in [0.5, 0.6) is 17.4 Å². The number of nitrogens with zero attached hydrogens (tertiary/aromatic N) is 1. The van der Waals surface area contributed by atoms with Crippen molar-refractivity contribution in [2.75, 3.05) is 12.4 Å². The van der Waals surface area contributed by atoms with Gasteiger partial charge in [-0.2, -0.15) is 0 Å². The second kappa shape index (κ2) is 7.34. The first-order valence-corrected chi connectivity index (χ1v) is 9.22. The van der Waals surface area contributed by atoms with E-state index < -0.39 is 5.79 Å². The van der Waals surface area contributed by atoms with Crippen LogP contribution in [0.1, 0.15) is 37.7 Å². The molecule has 0 bridgehead atoms. The monoisotopic (exact) mass is 369 g/mol. The molecule has 0 saturated heterocycles. The van der Waals surface area contributed by atoms with E-state index in [4.69, 9.17) is 14.2 Å². The van der Waals surface area contributed by atoms with E-state index in [1.54, 1.807) is 19.4 Å². The average Bonchev–Trinajstić information content (AvgIpc) is 3.03. The van der Waals surface area contributed by atoms with Crippen molar-refractivity contribution in [1.29, 1.82) is 0 Å². The summed E-state index contributed by atoms with van der Waals surface area (Å²) in [6.45, 7) is 0.372. The zero-order valence-corrected chi connectivity index (χ0v) is 15.3. The zero-order valence-electron chi connectivity index (χ0n) is 15.3. The minimum Gasteiger partial charge on any atom is -0.481 e. The molecule has 2 heterocycles. The number of urea groups is 1. The fourth-order valence-electron chi connectivity index (χ4n) is 3.46. The molecule has 1 spiro atoms. The van der Waals surface area contributed by atoms with Crippen molar-refractivity contribution < 1.29 is 19.0 Å². The molecule has 1 fully saturated rings. The van der Waals surface area contributed by atoms with Crippen molar-refractivity contribution >= 4 is 11.7 Å². The minimum absolute atomic E-state index is 0.294. The van der Waals surface area contributed by atoms with Gasteiger partial charge in [0.05, 0.1) is 7.11 Å². The smallest absolute Gasteiger partial charge is 0.319 e. The van der Waals surface area contributed by atoms with Gasteiger partial charge in [0.2, 0.25) is 5.88 Å². The number of hydrogen-bond acceptors (Lipinski definition) is 5. The molecule has 4 rings (SSSR count). The molecule has 27 heavy (non-hydrogen) atoms. The molecule has 1 aliphatic carbocycles. The Morgan fingerprint density at radius 2 is 1.96 bits per heavy atom. The van der Waals surface area contributed by atoms with E-state index in [1.807, 2.05) is 24.3 Å². The first kappa shape index (κ1) is 17.5. The fraction of sp³-hybridized carbons (Fsp3) is 0.400. The van der Waals surface area contributed by atoms with Gasteiger partial charge in [0, 0.05) is 43.4 Å². The van der Waals surface area contributed by atoms with E-state index in [0.29, 0.717) is 23.9 Å². The van der Waals surface area contributed by atoms with Crippen LogP contribution in [0.15, 0.2) is 36.5 Å². The highest BCUT2D eigenvalue weighted by Gasteiger charge is 2.42. The van der Waals surface area contributed by atoms with Gasteiger partial charge in [-0.15, -0.1) is 0 Å². The van der Waals surface area contributed by atoms with Gasteiger partial charge >= 0.3 is 6.03 Å². The van der Waals surface area contributed by atoms with Crippen molar-refractivity contribution in [1.82, 2.24) is 10.3 Å². The Morgan fingerprint density at radius 1 is 1.15 bits per heavy atom. The number of ether oxygens (including phenoxy) is 3. The summed E-state index contributed by atoms with van der Waals surface area (Å²) in [5, 5.41) is 5.63. The predicted octanol–water partition coefficient (Wildman–Crippen LogP) is 3.84. The third kappa shape index (κ3) is 3.92. The number of rotatable bonds is 4. The standard InChI is InChI=1S/C20H23N3O4/c1-25-18-8-5-14(12-21-18)13-22-19(24)23-15-6-7-16-17(11-15)27-20(26-16)9-3-2-4-10-20/h5-8,11-12H,2-4,9-10,13H2,1H3,(H2,22,23,24). The minimum atomic E-state index is -0.511. The largest absolute Gasteiger partial charge is 0.481 e. The van der Waals surface area contributed by atoms with E-state index in [1.165, 1.54) is 6.42 Å². The molecule has 1 aromatic carbocycles. The van der Waals surface area contributed by atoms with Crippen LogP contribution in [0.25, 0.3) is 0 Å². The number of pyridine rings is 1. The average molecular weight is 369 g/mol. The lowest BCUT2D eigenvalue weighted by molar-refractivity contribution is -0.105. The molecule has 7 heteroatoms. The highest BCUT2D eigenvalue weighted by atomic mass is 16.7. The molecule has 2 aromatic rings. The zero-order chi connectivity index (χ0) is 18.7. The molecular weight excluding hydrogens is 346 g/mol. The molecule has 0 unspecified atom stereocenters. The van der Waals surface area contributed by atoms with Gasteiger partial charge in [-0.25, -0.2) is 9.78 Å². The van der Waals surface area contributed by atoms with Crippen molar-refractivity contribution in [2.45, 2.75) is 44.4 Å². The number of aromatic nitrogens is 1. The number of benzene rings is 1. The maximum Gasteiger partial charge on any atom is 0.319 e. The van der Waals surface area contributed by atoms with E-state index in [9.17, 15) is 4.79 Å². The van der Waals surface area contributed by atoms with Gasteiger partial charge in [0.1, 0.15) is 0 Å². The normalized spacial score (nSPS) is 16.8. The van der Waals surface area contributed by atoms with Gasteiger partial charge in [-0.3, -0.25) is 0 Å². The number of carbonyl (C=O) groups excluding carboxylic acids is 1. The summed E-state index contributed by atoms with van der Waals surface area (Å²) < 4.78 is 17.2. The van der Waals surface area contributed by atoms with Crippen LogP contribution in [-0.4, -0.2) is 23.9 Å². The fourth-order valence-corrected chi connectivity index (χ4v) is 3.46. The highest BCUT2D eigenvalue weighted by molar-refractivity contribution is 5.89. The second-order valence-corrected chi connectivity index (χ2v) is 6.85. The van der Waals surface area contributed by atoms with Crippen LogP contribution in [-0.2, 0) is 6.54 Å². The number of fused-ring (bicyclic) bond motifs is 1. The molecule has 1 aliphatic heterocycles.